The molecular weight excluding hydrogens is 396 g/mol. The summed E-state index contributed by atoms with van der Waals surface area (Å²) in [6, 6.07) is 19.1. The van der Waals surface area contributed by atoms with Crippen molar-refractivity contribution < 1.29 is 8.42 Å². The van der Waals surface area contributed by atoms with E-state index >= 15 is 0 Å². The van der Waals surface area contributed by atoms with Crippen LogP contribution in [0.3, 0.4) is 0 Å². The first kappa shape index (κ1) is 18.8. The number of pyridine rings is 1. The number of nitrogens with zero attached hydrogens (tertiary/aromatic N) is 3. The number of benzene rings is 2. The number of allylic oxidation sites excluding steroid dienone is 1. The van der Waals surface area contributed by atoms with E-state index in [2.05, 4.69) is 29.1 Å². The van der Waals surface area contributed by atoms with Crippen molar-refractivity contribution in [2.45, 2.75) is 17.9 Å². The Kier molecular flexibility index (Phi) is 4.56. The molecule has 1 N–H and O–H groups in total. The molecule has 0 saturated heterocycles. The number of aromatic nitrogens is 1. The number of nitrogens with one attached hydrogen (secondary N) is 1. The molecule has 2 aliphatic rings. The van der Waals surface area contributed by atoms with Crippen LogP contribution in [0.15, 0.2) is 95.3 Å². The summed E-state index contributed by atoms with van der Waals surface area (Å²) >= 11 is 0. The summed E-state index contributed by atoms with van der Waals surface area (Å²) in [6.45, 7) is 5.62. The maximum absolute atomic E-state index is 13.4. The number of fused-ring (bicyclic) bond motifs is 1. The van der Waals surface area contributed by atoms with Crippen LogP contribution in [-0.4, -0.2) is 35.8 Å². The third-order valence-corrected chi connectivity index (χ3v) is 7.53. The van der Waals surface area contributed by atoms with Crippen molar-refractivity contribution in [1.82, 2.24) is 19.7 Å². The lowest BCUT2D eigenvalue weighted by molar-refractivity contribution is 0.289. The molecule has 5 rings (SSSR count). The minimum Gasteiger partial charge on any atom is -0.300 e. The zero-order valence-corrected chi connectivity index (χ0v) is 17.3. The molecule has 0 spiro atoms. The van der Waals surface area contributed by atoms with Crippen molar-refractivity contribution in [3.63, 3.8) is 0 Å². The van der Waals surface area contributed by atoms with Crippen LogP contribution in [0.1, 0.15) is 12.0 Å². The van der Waals surface area contributed by atoms with Crippen molar-refractivity contribution in [2.75, 3.05) is 13.1 Å². The fourth-order valence-corrected chi connectivity index (χ4v) is 5.66. The molecule has 7 heteroatoms. The van der Waals surface area contributed by atoms with Gasteiger partial charge in [-0.2, -0.15) is 4.31 Å². The molecule has 3 aromatic rings. The minimum absolute atomic E-state index is 0.252. The largest absolute Gasteiger partial charge is 0.300 e. The fraction of sp³-hybridized carbons (Fsp3) is 0.174. The number of hydrazine groups is 1. The summed E-state index contributed by atoms with van der Waals surface area (Å²) < 4.78 is 28.4. The monoisotopic (exact) mass is 418 g/mol. The molecule has 152 valence electrons. The number of hydrogen-bond donors (Lipinski definition) is 1. The molecule has 0 saturated carbocycles. The van der Waals surface area contributed by atoms with Crippen LogP contribution in [-0.2, 0) is 16.6 Å². The van der Waals surface area contributed by atoms with E-state index < -0.39 is 10.0 Å². The molecule has 0 bridgehead atoms. The van der Waals surface area contributed by atoms with E-state index in [0.717, 1.165) is 27.9 Å². The van der Waals surface area contributed by atoms with Crippen LogP contribution in [0.2, 0.25) is 0 Å². The average Bonchev–Trinajstić information content (AvgIpc) is 3.08. The van der Waals surface area contributed by atoms with Gasteiger partial charge in [-0.1, -0.05) is 55.1 Å². The van der Waals surface area contributed by atoms with E-state index in [4.69, 9.17) is 0 Å². The number of rotatable bonds is 4. The Labute approximate surface area is 176 Å². The standard InChI is InChI=1S/C23H22N4O2S/c1-17-20-12-14-26(16-21(20)25-27(17)15-18-7-3-2-4-8-18)30(28,29)22-11-5-9-19-10-6-13-24-23(19)22/h2-11,13,25H,1,12,14-16H2. The lowest BCUT2D eigenvalue weighted by Crippen LogP contribution is -2.39. The predicted octanol–water partition coefficient (Wildman–Crippen LogP) is 3.42. The van der Waals surface area contributed by atoms with Gasteiger partial charge in [0.15, 0.2) is 0 Å². The molecule has 3 heterocycles. The first-order valence-corrected chi connectivity index (χ1v) is 11.3. The van der Waals surface area contributed by atoms with E-state index in [1.165, 1.54) is 4.31 Å². The maximum atomic E-state index is 13.4. The second-order valence-corrected chi connectivity index (χ2v) is 9.41. The minimum atomic E-state index is -3.67. The van der Waals surface area contributed by atoms with Gasteiger partial charge in [-0.15, -0.1) is 0 Å². The third-order valence-electron chi connectivity index (χ3n) is 5.65. The summed E-state index contributed by atoms with van der Waals surface area (Å²) in [7, 11) is -3.67. The Morgan fingerprint density at radius 2 is 1.83 bits per heavy atom. The quantitative estimate of drug-likeness (QED) is 0.703. The summed E-state index contributed by atoms with van der Waals surface area (Å²) in [5, 5.41) is 2.81. The zero-order valence-electron chi connectivity index (χ0n) is 16.5. The molecule has 30 heavy (non-hydrogen) atoms. The van der Waals surface area contributed by atoms with Gasteiger partial charge in [-0.05, 0) is 24.1 Å². The third kappa shape index (κ3) is 3.16. The molecule has 0 fully saturated rings. The molecular formula is C23H22N4O2S. The Bertz CT molecular complexity index is 1260. The highest BCUT2D eigenvalue weighted by Crippen LogP contribution is 2.34. The van der Waals surface area contributed by atoms with Gasteiger partial charge in [0, 0.05) is 23.7 Å². The van der Waals surface area contributed by atoms with Crippen molar-refractivity contribution in [3.05, 3.63) is 96.0 Å². The molecule has 0 aliphatic carbocycles. The SMILES string of the molecule is C=C1C2=C(CN(S(=O)(=O)c3cccc4cccnc34)CC2)NN1Cc1ccccc1. The lowest BCUT2D eigenvalue weighted by Gasteiger charge is -2.27. The van der Waals surface area contributed by atoms with Gasteiger partial charge in [0.25, 0.3) is 0 Å². The summed E-state index contributed by atoms with van der Waals surface area (Å²) in [6.07, 6.45) is 2.26. The molecule has 0 unspecified atom stereocenters. The van der Waals surface area contributed by atoms with Gasteiger partial charge in [0.1, 0.15) is 4.90 Å². The summed E-state index contributed by atoms with van der Waals surface area (Å²) in [4.78, 5) is 4.58. The van der Waals surface area contributed by atoms with E-state index in [9.17, 15) is 8.42 Å². The Hall–Kier alpha value is -3.16. The molecule has 0 amide bonds. The van der Waals surface area contributed by atoms with Crippen molar-refractivity contribution in [3.8, 4) is 0 Å². The van der Waals surface area contributed by atoms with E-state index in [0.29, 0.717) is 31.6 Å². The Balaban J connectivity index is 1.40. The molecule has 1 aromatic heterocycles. The summed E-state index contributed by atoms with van der Waals surface area (Å²) in [5.41, 5.74) is 7.97. The number of hydrogen-bond acceptors (Lipinski definition) is 5. The Morgan fingerprint density at radius 3 is 2.67 bits per heavy atom. The smallest absolute Gasteiger partial charge is 0.245 e. The number of sulfonamides is 1. The van der Waals surface area contributed by atoms with Crippen molar-refractivity contribution >= 4 is 20.9 Å². The van der Waals surface area contributed by atoms with Crippen molar-refractivity contribution in [1.29, 1.82) is 0 Å². The van der Waals surface area contributed by atoms with Crippen LogP contribution in [0, 0.1) is 0 Å². The van der Waals surface area contributed by atoms with Gasteiger partial charge < -0.3 is 5.43 Å². The topological polar surface area (TPSA) is 65.5 Å². The van der Waals surface area contributed by atoms with E-state index in [-0.39, 0.29) is 4.90 Å². The van der Waals surface area contributed by atoms with Gasteiger partial charge in [0.2, 0.25) is 10.0 Å². The van der Waals surface area contributed by atoms with Crippen LogP contribution >= 0.6 is 0 Å². The zero-order chi connectivity index (χ0) is 20.7. The van der Waals surface area contributed by atoms with Gasteiger partial charge in [-0.25, -0.2) is 8.42 Å². The Morgan fingerprint density at radius 1 is 1.03 bits per heavy atom. The van der Waals surface area contributed by atoms with Crippen LogP contribution < -0.4 is 5.43 Å². The molecule has 2 aliphatic heterocycles. The normalized spacial score (nSPS) is 17.3. The molecule has 0 radical (unpaired) electrons. The second-order valence-electron chi connectivity index (χ2n) is 7.51. The highest BCUT2D eigenvalue weighted by atomic mass is 32.2. The van der Waals surface area contributed by atoms with Crippen LogP contribution in [0.4, 0.5) is 0 Å². The number of para-hydroxylation sites is 1. The molecule has 6 nitrogen and oxygen atoms in total. The average molecular weight is 419 g/mol. The van der Waals surface area contributed by atoms with Crippen LogP contribution in [0.25, 0.3) is 10.9 Å². The van der Waals surface area contributed by atoms with Gasteiger partial charge in [0.05, 0.1) is 30.0 Å². The van der Waals surface area contributed by atoms with E-state index in [1.807, 2.05) is 41.4 Å². The lowest BCUT2D eigenvalue weighted by atomic mass is 10.1. The van der Waals surface area contributed by atoms with Crippen molar-refractivity contribution in [2.24, 2.45) is 0 Å². The highest BCUT2D eigenvalue weighted by molar-refractivity contribution is 7.89. The van der Waals surface area contributed by atoms with Crippen LogP contribution in [0.5, 0.6) is 0 Å². The first-order chi connectivity index (χ1) is 14.5. The molecule has 2 aromatic carbocycles. The van der Waals surface area contributed by atoms with Gasteiger partial charge >= 0.3 is 0 Å². The second kappa shape index (κ2) is 7.27. The maximum Gasteiger partial charge on any atom is 0.245 e. The summed E-state index contributed by atoms with van der Waals surface area (Å²) in [5.74, 6) is 0. The van der Waals surface area contributed by atoms with Gasteiger partial charge in [-0.3, -0.25) is 9.99 Å². The predicted molar refractivity (Wildman–Crippen MR) is 116 cm³/mol. The molecule has 0 atom stereocenters. The first-order valence-electron chi connectivity index (χ1n) is 9.87. The van der Waals surface area contributed by atoms with E-state index in [1.54, 1.807) is 18.3 Å². The fourth-order valence-electron chi connectivity index (χ4n) is 4.08. The highest BCUT2D eigenvalue weighted by Gasteiger charge is 2.35.